The molecule has 334 valence electrons. The summed E-state index contributed by atoms with van der Waals surface area (Å²) in [4.78, 5) is 2.44. The Morgan fingerprint density at radius 1 is 0.250 bits per heavy atom. The van der Waals surface area contributed by atoms with Crippen LogP contribution in [0.5, 0.6) is 11.5 Å². The Bertz CT molecular complexity index is 4130. The van der Waals surface area contributed by atoms with Gasteiger partial charge in [0, 0.05) is 39.0 Å². The average molecular weight is 914 g/mol. The number of rotatable bonds is 4. The highest BCUT2D eigenvalue weighted by Gasteiger charge is 2.53. The van der Waals surface area contributed by atoms with Crippen molar-refractivity contribution in [2.45, 2.75) is 10.8 Å². The molecule has 1 heterocycles. The van der Waals surface area contributed by atoms with Crippen molar-refractivity contribution in [3.63, 3.8) is 0 Å². The van der Waals surface area contributed by atoms with E-state index in [2.05, 4.69) is 266 Å². The van der Waals surface area contributed by atoms with Crippen LogP contribution in [0.15, 0.2) is 261 Å². The van der Waals surface area contributed by atoms with Crippen molar-refractivity contribution < 1.29 is 4.74 Å². The zero-order chi connectivity index (χ0) is 47.1. The molecule has 2 heteroatoms. The second kappa shape index (κ2) is 14.6. The number of hydrogen-bond donors (Lipinski definition) is 0. The van der Waals surface area contributed by atoms with Crippen LogP contribution in [0.2, 0.25) is 0 Å². The zero-order valence-corrected chi connectivity index (χ0v) is 39.2. The van der Waals surface area contributed by atoms with Crippen molar-refractivity contribution >= 4 is 38.6 Å². The van der Waals surface area contributed by atoms with Crippen LogP contribution in [0.1, 0.15) is 44.5 Å². The minimum atomic E-state index is -0.599. The molecule has 0 bridgehead atoms. The van der Waals surface area contributed by atoms with Gasteiger partial charge in [0.2, 0.25) is 0 Å². The highest BCUT2D eigenvalue weighted by Crippen LogP contribution is 2.66. The third-order valence-corrected chi connectivity index (χ3v) is 16.5. The fourth-order valence-corrected chi connectivity index (χ4v) is 13.7. The molecule has 3 aliphatic carbocycles. The summed E-state index contributed by atoms with van der Waals surface area (Å²) in [5, 5.41) is 4.58. The molecule has 0 unspecified atom stereocenters. The first-order chi connectivity index (χ1) is 35.7. The molecule has 0 saturated heterocycles. The molecule has 0 radical (unpaired) electrons. The molecule has 1 aliphatic heterocycles. The van der Waals surface area contributed by atoms with Crippen LogP contribution in [0.25, 0.3) is 66.1 Å². The van der Waals surface area contributed by atoms with E-state index in [-0.39, 0.29) is 0 Å². The lowest BCUT2D eigenvalue weighted by molar-refractivity contribution is 0.447. The normalized spacial score (nSPS) is 14.2. The van der Waals surface area contributed by atoms with Crippen molar-refractivity contribution in [2.75, 3.05) is 4.90 Å². The summed E-state index contributed by atoms with van der Waals surface area (Å²) in [7, 11) is 0. The van der Waals surface area contributed by atoms with E-state index >= 15 is 0 Å². The lowest BCUT2D eigenvalue weighted by Crippen LogP contribution is -2.32. The fourth-order valence-electron chi connectivity index (χ4n) is 13.7. The Balaban J connectivity index is 0.882. The van der Waals surface area contributed by atoms with Crippen molar-refractivity contribution in [1.29, 1.82) is 0 Å². The topological polar surface area (TPSA) is 12.5 Å². The lowest BCUT2D eigenvalue weighted by atomic mass is 9.65. The molecule has 2 spiro atoms. The monoisotopic (exact) mass is 913 g/mol. The van der Waals surface area contributed by atoms with E-state index in [4.69, 9.17) is 4.74 Å². The molecule has 12 aromatic carbocycles. The van der Waals surface area contributed by atoms with Gasteiger partial charge >= 0.3 is 0 Å². The zero-order valence-electron chi connectivity index (χ0n) is 39.2. The first-order valence-electron chi connectivity index (χ1n) is 25.1. The average Bonchev–Trinajstić information content (AvgIpc) is 4.04. The lowest BCUT2D eigenvalue weighted by Gasteiger charge is -2.40. The maximum atomic E-state index is 7.22. The Kier molecular flexibility index (Phi) is 8.05. The van der Waals surface area contributed by atoms with Gasteiger partial charge in [0.25, 0.3) is 0 Å². The Morgan fingerprint density at radius 3 is 1.28 bits per heavy atom. The summed E-state index contributed by atoms with van der Waals surface area (Å²) >= 11 is 0. The van der Waals surface area contributed by atoms with E-state index in [0.717, 1.165) is 44.9 Å². The van der Waals surface area contributed by atoms with Crippen molar-refractivity contribution in [2.24, 2.45) is 0 Å². The van der Waals surface area contributed by atoms with Gasteiger partial charge in [-0.1, -0.05) is 218 Å². The van der Waals surface area contributed by atoms with Gasteiger partial charge in [0.15, 0.2) is 0 Å². The van der Waals surface area contributed by atoms with E-state index in [1.54, 1.807) is 0 Å². The molecule has 12 aromatic rings. The summed E-state index contributed by atoms with van der Waals surface area (Å²) in [5.41, 5.74) is 22.6. The number of ether oxygens (including phenoxy) is 1. The van der Waals surface area contributed by atoms with Crippen LogP contribution in [-0.2, 0) is 10.8 Å². The first-order valence-corrected chi connectivity index (χ1v) is 25.1. The van der Waals surface area contributed by atoms with Gasteiger partial charge in [-0.15, -0.1) is 0 Å². The Morgan fingerprint density at radius 2 is 0.681 bits per heavy atom. The van der Waals surface area contributed by atoms with Crippen LogP contribution >= 0.6 is 0 Å². The largest absolute Gasteiger partial charge is 0.455 e. The molecule has 0 fully saturated rings. The molecule has 0 aromatic heterocycles. The van der Waals surface area contributed by atoms with Gasteiger partial charge in [-0.25, -0.2) is 0 Å². The number of nitrogens with zero attached hydrogens (tertiary/aromatic N) is 1. The van der Waals surface area contributed by atoms with Gasteiger partial charge in [-0.3, -0.25) is 0 Å². The SMILES string of the molecule is c1ccc(N(c2cccc(-c3ccc4c(c3)-c3ccccc3C43c4ccc5ccccc5c4Oc4c3ccc3ccccc43)c2)c2ccc3c(c2)C2(c4ccccc4-c4ccccc42)c2ccccc2-3)cc1. The third-order valence-electron chi connectivity index (χ3n) is 16.5. The summed E-state index contributed by atoms with van der Waals surface area (Å²) in [6.07, 6.45) is 0. The standard InChI is InChI=1S/C70H43NO/c1-2-20-48(21-3-1)71(50-36-37-57-55-27-10-14-31-61(55)69(66(57)43-50)59-29-12-8-25-53(59)54-26-9-13-30-60(54)69)49-22-16-19-46(41-49)47-35-38-63-58(42-47)56-28-11-15-32-62(56)70(63)64-39-33-44-17-4-6-23-51(44)67(64)72-68-52-24-7-5-18-45(52)34-40-65(68)70/h1-43H. The minimum absolute atomic E-state index is 0.441. The van der Waals surface area contributed by atoms with E-state index in [1.807, 2.05) is 0 Å². The van der Waals surface area contributed by atoms with E-state index in [9.17, 15) is 0 Å². The highest BCUT2D eigenvalue weighted by molar-refractivity contribution is 6.01. The third kappa shape index (κ3) is 5.08. The van der Waals surface area contributed by atoms with Gasteiger partial charge < -0.3 is 9.64 Å². The predicted molar refractivity (Wildman–Crippen MR) is 295 cm³/mol. The maximum absolute atomic E-state index is 7.22. The maximum Gasteiger partial charge on any atom is 0.140 e. The van der Waals surface area contributed by atoms with Gasteiger partial charge in [-0.2, -0.15) is 0 Å². The van der Waals surface area contributed by atoms with Gasteiger partial charge in [-0.05, 0) is 131 Å². The smallest absolute Gasteiger partial charge is 0.140 e. The van der Waals surface area contributed by atoms with Crippen molar-refractivity contribution in [3.8, 4) is 56.0 Å². The predicted octanol–water partition coefficient (Wildman–Crippen LogP) is 17.9. The molecule has 0 amide bonds. The summed E-state index contributed by atoms with van der Waals surface area (Å²) in [6.45, 7) is 0. The van der Waals surface area contributed by atoms with Crippen LogP contribution in [0.3, 0.4) is 0 Å². The molecule has 16 rings (SSSR count). The van der Waals surface area contributed by atoms with E-state index in [1.165, 1.54) is 94.2 Å². The molecule has 0 saturated carbocycles. The minimum Gasteiger partial charge on any atom is -0.455 e. The number of anilines is 3. The Hall–Kier alpha value is -9.24. The molecule has 0 N–H and O–H groups in total. The first kappa shape index (κ1) is 39.6. The highest BCUT2D eigenvalue weighted by atomic mass is 16.5. The molecule has 72 heavy (non-hydrogen) atoms. The number of fused-ring (bicyclic) bond motifs is 23. The second-order valence-corrected chi connectivity index (χ2v) is 19.8. The number of hydrogen-bond acceptors (Lipinski definition) is 2. The van der Waals surface area contributed by atoms with Crippen molar-refractivity contribution in [1.82, 2.24) is 0 Å². The molecule has 2 nitrogen and oxygen atoms in total. The van der Waals surface area contributed by atoms with Crippen LogP contribution in [-0.4, -0.2) is 0 Å². The summed E-state index contributed by atoms with van der Waals surface area (Å²) in [6, 6.07) is 97.0. The molecular formula is C70H43NO. The quantitative estimate of drug-likeness (QED) is 0.174. The van der Waals surface area contributed by atoms with Gasteiger partial charge in [0.1, 0.15) is 11.5 Å². The van der Waals surface area contributed by atoms with Crippen LogP contribution < -0.4 is 9.64 Å². The summed E-state index contributed by atoms with van der Waals surface area (Å²) in [5.74, 6) is 1.86. The molecule has 0 atom stereocenters. The van der Waals surface area contributed by atoms with Gasteiger partial charge in [0.05, 0.1) is 10.8 Å². The molecular weight excluding hydrogens is 871 g/mol. The fraction of sp³-hybridized carbons (Fsp3) is 0.0286. The summed E-state index contributed by atoms with van der Waals surface area (Å²) < 4.78 is 7.22. The number of para-hydroxylation sites is 1. The van der Waals surface area contributed by atoms with E-state index in [0.29, 0.717) is 0 Å². The Labute approximate surface area is 418 Å². The molecule has 4 aliphatic rings. The van der Waals surface area contributed by atoms with Crippen molar-refractivity contribution in [3.05, 3.63) is 305 Å². The van der Waals surface area contributed by atoms with Crippen LogP contribution in [0, 0.1) is 0 Å². The second-order valence-electron chi connectivity index (χ2n) is 19.8. The van der Waals surface area contributed by atoms with E-state index < -0.39 is 10.8 Å². The van der Waals surface area contributed by atoms with Crippen LogP contribution in [0.4, 0.5) is 17.1 Å². The number of benzene rings is 12.